The molecule has 0 unspecified atom stereocenters. The molecule has 0 aliphatic carbocycles. The second-order valence-corrected chi connectivity index (χ2v) is 9.58. The van der Waals surface area contributed by atoms with Crippen molar-refractivity contribution in [3.8, 4) is 11.8 Å². The molecule has 0 saturated heterocycles. The van der Waals surface area contributed by atoms with Gasteiger partial charge in [-0.3, -0.25) is 10.1 Å². The van der Waals surface area contributed by atoms with Crippen LogP contribution in [0.4, 0.5) is 9.52 Å². The zero-order valence-corrected chi connectivity index (χ0v) is 17.8. The van der Waals surface area contributed by atoms with Crippen LogP contribution in [0.2, 0.25) is 0 Å². The number of aryl methyl sites for hydroxylation is 1. The molecule has 154 valence electrons. The van der Waals surface area contributed by atoms with E-state index in [1.165, 1.54) is 18.2 Å². The monoisotopic (exact) mass is 445 g/mol. The van der Waals surface area contributed by atoms with Crippen molar-refractivity contribution in [2.24, 2.45) is 0 Å². The van der Waals surface area contributed by atoms with E-state index in [1.54, 1.807) is 25.1 Å². The number of carbonyl (C=O) groups excluding carboxylic acids is 1. The Labute approximate surface area is 176 Å². The molecule has 3 aromatic rings. The summed E-state index contributed by atoms with van der Waals surface area (Å²) in [4.78, 5) is 12.5. The van der Waals surface area contributed by atoms with Crippen LogP contribution in [-0.4, -0.2) is 35.3 Å². The molecular formula is C19H16FN5O3S2. The third-order valence-corrected chi connectivity index (χ3v) is 6.65. The van der Waals surface area contributed by atoms with Crippen LogP contribution in [-0.2, 0) is 14.6 Å². The zero-order valence-electron chi connectivity index (χ0n) is 16.2. The molecule has 0 fully saturated rings. The molecule has 0 bridgehead atoms. The van der Waals surface area contributed by atoms with E-state index in [0.29, 0.717) is 28.3 Å². The Morgan fingerprint density at radius 1 is 1.30 bits per heavy atom. The average molecular weight is 446 g/mol. The second-order valence-electron chi connectivity index (χ2n) is 6.41. The predicted octanol–water partition coefficient (Wildman–Crippen LogP) is 3.03. The number of anilines is 1. The Hall–Kier alpha value is -3.36. The van der Waals surface area contributed by atoms with Gasteiger partial charge in [0.1, 0.15) is 17.5 Å². The van der Waals surface area contributed by atoms with Gasteiger partial charge in [-0.1, -0.05) is 17.4 Å². The van der Waals surface area contributed by atoms with E-state index in [-0.39, 0.29) is 20.9 Å². The fourth-order valence-electron chi connectivity index (χ4n) is 2.82. The summed E-state index contributed by atoms with van der Waals surface area (Å²) < 4.78 is 38.1. The summed E-state index contributed by atoms with van der Waals surface area (Å²) in [6.07, 6.45) is 2.39. The largest absolute Gasteiger partial charge is 0.318 e. The zero-order chi connectivity index (χ0) is 22.1. The SMILES string of the molecule is Cc1cc(C=C(C#N)C(=O)Nc2nnc(S(C)(=O)=O)s2)c(C)n1-c1cccc(F)c1. The Morgan fingerprint density at radius 2 is 2.03 bits per heavy atom. The van der Waals surface area contributed by atoms with Gasteiger partial charge in [-0.05, 0) is 49.8 Å². The Balaban J connectivity index is 1.91. The number of nitriles is 1. The molecule has 0 aliphatic heterocycles. The number of hydrogen-bond donors (Lipinski definition) is 1. The predicted molar refractivity (Wildman–Crippen MR) is 110 cm³/mol. The minimum atomic E-state index is -3.54. The molecule has 0 saturated carbocycles. The van der Waals surface area contributed by atoms with Crippen molar-refractivity contribution in [3.63, 3.8) is 0 Å². The van der Waals surface area contributed by atoms with Crippen LogP contribution in [0.1, 0.15) is 17.0 Å². The first kappa shape index (κ1) is 21.4. The highest BCUT2D eigenvalue weighted by Crippen LogP contribution is 2.24. The van der Waals surface area contributed by atoms with Crippen molar-refractivity contribution < 1.29 is 17.6 Å². The van der Waals surface area contributed by atoms with Crippen LogP contribution in [0.25, 0.3) is 11.8 Å². The smallest absolute Gasteiger partial charge is 0.268 e. The van der Waals surface area contributed by atoms with Crippen LogP contribution in [0.15, 0.2) is 40.2 Å². The fraction of sp³-hybridized carbons (Fsp3) is 0.158. The van der Waals surface area contributed by atoms with Crippen molar-refractivity contribution in [3.05, 3.63) is 58.7 Å². The summed E-state index contributed by atoms with van der Waals surface area (Å²) in [6, 6.07) is 9.69. The van der Waals surface area contributed by atoms with E-state index in [9.17, 15) is 22.9 Å². The van der Waals surface area contributed by atoms with Gasteiger partial charge in [0.2, 0.25) is 19.3 Å². The summed E-state index contributed by atoms with van der Waals surface area (Å²) in [5, 5.41) is 18.9. The maximum atomic E-state index is 13.6. The van der Waals surface area contributed by atoms with Crippen molar-refractivity contribution >= 4 is 38.3 Å². The van der Waals surface area contributed by atoms with Crippen molar-refractivity contribution in [2.45, 2.75) is 18.2 Å². The van der Waals surface area contributed by atoms with Crippen LogP contribution in [0, 0.1) is 31.0 Å². The first-order valence-corrected chi connectivity index (χ1v) is 11.2. The van der Waals surface area contributed by atoms with Crippen molar-refractivity contribution in [1.82, 2.24) is 14.8 Å². The summed E-state index contributed by atoms with van der Waals surface area (Å²) in [7, 11) is -3.54. The maximum Gasteiger partial charge on any atom is 0.268 e. The Bertz CT molecular complexity index is 1320. The lowest BCUT2D eigenvalue weighted by Crippen LogP contribution is -2.13. The lowest BCUT2D eigenvalue weighted by Gasteiger charge is -2.09. The number of carbonyl (C=O) groups is 1. The summed E-state index contributed by atoms with van der Waals surface area (Å²) in [5.74, 6) is -1.12. The number of hydrogen-bond acceptors (Lipinski definition) is 7. The normalized spacial score (nSPS) is 11.9. The molecule has 0 spiro atoms. The number of benzene rings is 1. The molecule has 30 heavy (non-hydrogen) atoms. The Kier molecular flexibility index (Phi) is 5.82. The number of nitrogens with zero attached hydrogens (tertiary/aromatic N) is 4. The van der Waals surface area contributed by atoms with E-state index in [1.807, 2.05) is 17.6 Å². The average Bonchev–Trinajstić information content (AvgIpc) is 3.24. The van der Waals surface area contributed by atoms with Gasteiger partial charge >= 0.3 is 0 Å². The summed E-state index contributed by atoms with van der Waals surface area (Å²) in [6.45, 7) is 3.62. The molecule has 11 heteroatoms. The first-order valence-electron chi connectivity index (χ1n) is 8.51. The molecule has 3 rings (SSSR count). The highest BCUT2D eigenvalue weighted by Gasteiger charge is 2.18. The number of rotatable bonds is 5. The number of sulfone groups is 1. The van der Waals surface area contributed by atoms with Crippen LogP contribution >= 0.6 is 11.3 Å². The molecule has 1 amide bonds. The minimum Gasteiger partial charge on any atom is -0.318 e. The first-order chi connectivity index (χ1) is 14.1. The van der Waals surface area contributed by atoms with Crippen LogP contribution < -0.4 is 5.32 Å². The Morgan fingerprint density at radius 3 is 2.63 bits per heavy atom. The number of halogens is 1. The quantitative estimate of drug-likeness (QED) is 0.366. The molecule has 0 radical (unpaired) electrons. The number of amides is 1. The third kappa shape index (κ3) is 4.45. The van der Waals surface area contributed by atoms with Gasteiger partial charge in [0, 0.05) is 23.3 Å². The van der Waals surface area contributed by atoms with E-state index >= 15 is 0 Å². The van der Waals surface area contributed by atoms with Gasteiger partial charge < -0.3 is 4.57 Å². The fourth-order valence-corrected chi connectivity index (χ4v) is 4.33. The minimum absolute atomic E-state index is 0.0354. The number of nitrogens with one attached hydrogen (secondary N) is 1. The van der Waals surface area contributed by atoms with E-state index in [0.717, 1.165) is 11.9 Å². The lowest BCUT2D eigenvalue weighted by atomic mass is 10.1. The standard InChI is InChI=1S/C19H16FN5O3S2/c1-11-7-13(12(2)25(11)16-6-4-5-15(20)9-16)8-14(10-21)17(26)22-18-23-24-19(29-18)30(3,27)28/h4-9H,1-3H3,(H,22,23,26). The molecule has 1 N–H and O–H groups in total. The van der Waals surface area contributed by atoms with E-state index in [2.05, 4.69) is 15.5 Å². The molecule has 8 nitrogen and oxygen atoms in total. The number of aromatic nitrogens is 3. The van der Waals surface area contributed by atoms with Crippen LogP contribution in [0.3, 0.4) is 0 Å². The summed E-state index contributed by atoms with van der Waals surface area (Å²) in [5.41, 5.74) is 2.54. The van der Waals surface area contributed by atoms with E-state index < -0.39 is 15.7 Å². The van der Waals surface area contributed by atoms with Gasteiger partial charge in [0.25, 0.3) is 5.91 Å². The van der Waals surface area contributed by atoms with Crippen LogP contribution in [0.5, 0.6) is 0 Å². The lowest BCUT2D eigenvalue weighted by molar-refractivity contribution is -0.112. The van der Waals surface area contributed by atoms with Gasteiger partial charge in [0.15, 0.2) is 0 Å². The maximum absolute atomic E-state index is 13.6. The molecule has 2 heterocycles. The van der Waals surface area contributed by atoms with Gasteiger partial charge in [-0.15, -0.1) is 10.2 Å². The van der Waals surface area contributed by atoms with Gasteiger partial charge in [-0.25, -0.2) is 12.8 Å². The highest BCUT2D eigenvalue weighted by molar-refractivity contribution is 7.92. The molecule has 2 aromatic heterocycles. The molecular weight excluding hydrogens is 429 g/mol. The second kappa shape index (κ2) is 8.17. The van der Waals surface area contributed by atoms with E-state index in [4.69, 9.17) is 0 Å². The topological polar surface area (TPSA) is 118 Å². The molecule has 0 aliphatic rings. The van der Waals surface area contributed by atoms with Crippen molar-refractivity contribution in [1.29, 1.82) is 5.26 Å². The molecule has 1 aromatic carbocycles. The summed E-state index contributed by atoms with van der Waals surface area (Å²) >= 11 is 0.692. The van der Waals surface area contributed by atoms with Gasteiger partial charge in [0.05, 0.1) is 0 Å². The highest BCUT2D eigenvalue weighted by atomic mass is 32.2. The van der Waals surface area contributed by atoms with Crippen molar-refractivity contribution in [2.75, 3.05) is 11.6 Å². The van der Waals surface area contributed by atoms with Gasteiger partial charge in [-0.2, -0.15) is 5.26 Å². The third-order valence-electron chi connectivity index (χ3n) is 4.15. The molecule has 0 atom stereocenters.